The van der Waals surface area contributed by atoms with Gasteiger partial charge in [0.25, 0.3) is 0 Å². The number of amides is 1. The van der Waals surface area contributed by atoms with Crippen LogP contribution in [0.3, 0.4) is 0 Å². The Morgan fingerprint density at radius 3 is 2.33 bits per heavy atom. The van der Waals surface area contributed by atoms with Crippen LogP contribution in [0.25, 0.3) is 0 Å². The van der Waals surface area contributed by atoms with Gasteiger partial charge in [0.1, 0.15) is 5.54 Å². The normalized spacial score (nSPS) is 25.7. The molecule has 3 unspecified atom stereocenters. The number of nitrogens with one attached hydrogen (secondary N) is 1. The van der Waals surface area contributed by atoms with Crippen molar-refractivity contribution in [2.24, 2.45) is 11.1 Å². The van der Waals surface area contributed by atoms with Gasteiger partial charge in [-0.05, 0) is 31.5 Å². The van der Waals surface area contributed by atoms with E-state index in [2.05, 4.69) is 5.32 Å². The maximum absolute atomic E-state index is 12.8. The Morgan fingerprint density at radius 2 is 1.89 bits per heavy atom. The Balaban J connectivity index is 2.09. The van der Waals surface area contributed by atoms with Gasteiger partial charge in [-0.2, -0.15) is 0 Å². The first-order valence-corrected chi connectivity index (χ1v) is 10.6. The number of hydrogen-bond donors (Lipinski definition) is 2. The highest BCUT2D eigenvalue weighted by Crippen LogP contribution is 2.50. The molecule has 1 aromatic rings. The van der Waals surface area contributed by atoms with E-state index in [1.807, 2.05) is 27.7 Å². The minimum atomic E-state index is -3.48. The third-order valence-electron chi connectivity index (χ3n) is 5.74. The first kappa shape index (κ1) is 21.8. The van der Waals surface area contributed by atoms with Gasteiger partial charge in [0, 0.05) is 32.5 Å². The molecule has 0 aromatic heterocycles. The van der Waals surface area contributed by atoms with Crippen LogP contribution in [0.1, 0.15) is 45.7 Å². The van der Waals surface area contributed by atoms with Crippen molar-refractivity contribution >= 4 is 15.9 Å². The van der Waals surface area contributed by atoms with Crippen LogP contribution in [0.5, 0.6) is 0 Å². The molecule has 0 bridgehead atoms. The van der Waals surface area contributed by atoms with Gasteiger partial charge in [-0.25, -0.2) is 12.7 Å². The highest BCUT2D eigenvalue weighted by Gasteiger charge is 2.62. The van der Waals surface area contributed by atoms with Gasteiger partial charge < -0.3 is 15.8 Å². The summed E-state index contributed by atoms with van der Waals surface area (Å²) in [4.78, 5) is 13.0. The van der Waals surface area contributed by atoms with Crippen LogP contribution in [-0.4, -0.2) is 51.0 Å². The third-order valence-corrected chi connectivity index (χ3v) is 7.57. The molecule has 8 heteroatoms. The minimum absolute atomic E-state index is 0.0379. The second-order valence-electron chi connectivity index (χ2n) is 7.89. The van der Waals surface area contributed by atoms with Gasteiger partial charge in [-0.1, -0.05) is 26.0 Å². The van der Waals surface area contributed by atoms with Crippen molar-refractivity contribution in [2.75, 3.05) is 20.7 Å². The molecule has 1 fully saturated rings. The number of nitrogens with zero attached hydrogens (tertiary/aromatic N) is 1. The summed E-state index contributed by atoms with van der Waals surface area (Å²) in [5.74, 6) is -0.221. The summed E-state index contributed by atoms with van der Waals surface area (Å²) in [5, 5.41) is 2.96. The van der Waals surface area contributed by atoms with Crippen LogP contribution in [-0.2, 0) is 19.6 Å². The molecule has 27 heavy (non-hydrogen) atoms. The number of benzene rings is 1. The van der Waals surface area contributed by atoms with Crippen LogP contribution in [0.15, 0.2) is 29.2 Å². The largest absolute Gasteiger partial charge is 0.378 e. The Morgan fingerprint density at radius 1 is 1.33 bits per heavy atom. The summed E-state index contributed by atoms with van der Waals surface area (Å²) in [6, 6.07) is 6.21. The molecule has 1 aliphatic rings. The molecule has 1 saturated carbocycles. The molecule has 3 atom stereocenters. The SMILES string of the molecule is CCOC1CC(N)(C(=O)NC(C)c2ccc(S(=O)(=O)N(C)C)cc2)C1(C)C. The highest BCUT2D eigenvalue weighted by atomic mass is 32.2. The second-order valence-corrected chi connectivity index (χ2v) is 10.0. The molecule has 1 amide bonds. The van der Waals surface area contributed by atoms with Gasteiger partial charge in [-0.15, -0.1) is 0 Å². The first-order valence-electron chi connectivity index (χ1n) is 9.12. The van der Waals surface area contributed by atoms with Crippen LogP contribution < -0.4 is 11.1 Å². The van der Waals surface area contributed by atoms with E-state index >= 15 is 0 Å². The molecule has 0 spiro atoms. The fourth-order valence-corrected chi connectivity index (χ4v) is 4.27. The Labute approximate surface area is 162 Å². The number of hydrogen-bond acceptors (Lipinski definition) is 5. The van der Waals surface area contributed by atoms with Crippen LogP contribution in [0, 0.1) is 5.41 Å². The predicted octanol–water partition coefficient (Wildman–Crippen LogP) is 1.65. The van der Waals surface area contributed by atoms with Gasteiger partial charge >= 0.3 is 0 Å². The summed E-state index contributed by atoms with van der Waals surface area (Å²) in [6.07, 6.45) is 0.441. The van der Waals surface area contributed by atoms with Gasteiger partial charge in [0.15, 0.2) is 0 Å². The van der Waals surface area contributed by atoms with Crippen LogP contribution in [0.4, 0.5) is 0 Å². The minimum Gasteiger partial charge on any atom is -0.378 e. The number of rotatable bonds is 7. The van der Waals surface area contributed by atoms with E-state index in [9.17, 15) is 13.2 Å². The Bertz CT molecular complexity index is 790. The van der Waals surface area contributed by atoms with E-state index in [0.29, 0.717) is 13.0 Å². The molecule has 3 N–H and O–H groups in total. The zero-order chi connectivity index (χ0) is 20.6. The lowest BCUT2D eigenvalue weighted by Crippen LogP contribution is -2.75. The van der Waals surface area contributed by atoms with Gasteiger partial charge in [-0.3, -0.25) is 4.79 Å². The summed E-state index contributed by atoms with van der Waals surface area (Å²) in [7, 11) is -0.498. The van der Waals surface area contributed by atoms with E-state index in [0.717, 1.165) is 5.56 Å². The molecular formula is C19H31N3O4S. The van der Waals surface area contributed by atoms with Crippen molar-refractivity contribution in [3.63, 3.8) is 0 Å². The van der Waals surface area contributed by atoms with Crippen molar-refractivity contribution in [3.8, 4) is 0 Å². The molecule has 2 rings (SSSR count). The molecule has 1 aromatic carbocycles. The molecule has 0 radical (unpaired) electrons. The Hall–Kier alpha value is -1.48. The Kier molecular flexibility index (Phi) is 6.06. The first-order chi connectivity index (χ1) is 12.4. The van der Waals surface area contributed by atoms with Crippen LogP contribution >= 0.6 is 0 Å². The second kappa shape index (κ2) is 7.50. The average Bonchev–Trinajstić information content (AvgIpc) is 2.61. The number of ether oxygens (including phenoxy) is 1. The molecular weight excluding hydrogens is 366 g/mol. The quantitative estimate of drug-likeness (QED) is 0.728. The lowest BCUT2D eigenvalue weighted by Gasteiger charge is -2.57. The fourth-order valence-electron chi connectivity index (χ4n) is 3.37. The van der Waals surface area contributed by atoms with E-state index in [4.69, 9.17) is 10.5 Å². The summed E-state index contributed by atoms with van der Waals surface area (Å²) < 4.78 is 31.1. The van der Waals surface area contributed by atoms with E-state index in [1.165, 1.54) is 18.4 Å². The van der Waals surface area contributed by atoms with Gasteiger partial charge in [0.05, 0.1) is 17.0 Å². The topological polar surface area (TPSA) is 102 Å². The molecule has 1 aliphatic carbocycles. The zero-order valence-electron chi connectivity index (χ0n) is 16.9. The van der Waals surface area contributed by atoms with Crippen molar-refractivity contribution in [1.29, 1.82) is 0 Å². The molecule has 0 saturated heterocycles. The van der Waals surface area contributed by atoms with E-state index in [-0.39, 0.29) is 22.9 Å². The number of nitrogens with two attached hydrogens (primary N) is 1. The van der Waals surface area contributed by atoms with Crippen LogP contribution in [0.2, 0.25) is 0 Å². The number of sulfonamides is 1. The summed E-state index contributed by atoms with van der Waals surface area (Å²) in [5.41, 5.74) is 5.76. The molecule has 152 valence electrons. The lowest BCUT2D eigenvalue weighted by atomic mass is 9.54. The monoisotopic (exact) mass is 397 g/mol. The zero-order valence-corrected chi connectivity index (χ0v) is 17.8. The molecule has 0 heterocycles. The van der Waals surface area contributed by atoms with Crippen molar-refractivity contribution in [2.45, 2.75) is 56.7 Å². The standard InChI is InChI=1S/C19H31N3O4S/c1-7-26-16-12-19(20,18(16,3)4)17(23)21-13(2)14-8-10-15(11-9-14)27(24,25)22(5)6/h8-11,13,16H,7,12,20H2,1-6H3,(H,21,23). The smallest absolute Gasteiger partial charge is 0.242 e. The molecule has 7 nitrogen and oxygen atoms in total. The van der Waals surface area contributed by atoms with Gasteiger partial charge in [0.2, 0.25) is 15.9 Å². The molecule has 0 aliphatic heterocycles. The van der Waals surface area contributed by atoms with E-state index in [1.54, 1.807) is 24.3 Å². The highest BCUT2D eigenvalue weighted by molar-refractivity contribution is 7.89. The van der Waals surface area contributed by atoms with Crippen molar-refractivity contribution in [1.82, 2.24) is 9.62 Å². The number of carbonyl (C=O) groups excluding carboxylic acids is 1. The third kappa shape index (κ3) is 3.76. The van der Waals surface area contributed by atoms with Crippen molar-refractivity contribution < 1.29 is 17.9 Å². The maximum Gasteiger partial charge on any atom is 0.242 e. The summed E-state index contributed by atoms with van der Waals surface area (Å²) >= 11 is 0. The average molecular weight is 398 g/mol. The van der Waals surface area contributed by atoms with Crippen molar-refractivity contribution in [3.05, 3.63) is 29.8 Å². The fraction of sp³-hybridized carbons (Fsp3) is 0.632. The van der Waals surface area contributed by atoms with E-state index < -0.39 is 21.0 Å². The summed E-state index contributed by atoms with van der Waals surface area (Å²) in [6.45, 7) is 8.26. The maximum atomic E-state index is 12.8. The lowest BCUT2D eigenvalue weighted by molar-refractivity contribution is -0.171. The predicted molar refractivity (Wildman–Crippen MR) is 105 cm³/mol. The number of carbonyl (C=O) groups is 1.